The van der Waals surface area contributed by atoms with E-state index in [0.717, 1.165) is 0 Å². The minimum atomic E-state index is -0.215. The molecule has 0 amide bonds. The highest BCUT2D eigenvalue weighted by molar-refractivity contribution is 6.32. The topological polar surface area (TPSA) is 68.9 Å². The number of aryl methyl sites for hydroxylation is 1. The lowest BCUT2D eigenvalue weighted by Gasteiger charge is -2.19. The lowest BCUT2D eigenvalue weighted by molar-refractivity contribution is 0.171. The quantitative estimate of drug-likeness (QED) is 0.725. The van der Waals surface area contributed by atoms with Gasteiger partial charge in [-0.05, 0) is 30.7 Å². The zero-order chi connectivity index (χ0) is 16.8. The number of phenolic OH excluding ortho intramolecular Hbond substituents is 1. The number of ether oxygens (including phenoxy) is 2. The second-order valence-electron chi connectivity index (χ2n) is 5.52. The van der Waals surface area contributed by atoms with E-state index in [4.69, 9.17) is 25.5 Å². The molecule has 0 fully saturated rings. The summed E-state index contributed by atoms with van der Waals surface area (Å²) in [5.74, 6) is 1.58. The smallest absolute Gasteiger partial charge is 0.200 e. The lowest BCUT2D eigenvalue weighted by Crippen LogP contribution is -2.15. The molecule has 2 heterocycles. The van der Waals surface area contributed by atoms with E-state index in [9.17, 15) is 9.90 Å². The maximum atomic E-state index is 12.9. The van der Waals surface area contributed by atoms with Crippen LogP contribution in [-0.2, 0) is 0 Å². The van der Waals surface area contributed by atoms with Gasteiger partial charge in [0.25, 0.3) is 0 Å². The summed E-state index contributed by atoms with van der Waals surface area (Å²) in [5.41, 5.74) is 1.19. The van der Waals surface area contributed by atoms with Crippen LogP contribution >= 0.6 is 11.6 Å². The average Bonchev–Trinajstić information content (AvgIpc) is 2.57. The van der Waals surface area contributed by atoms with Gasteiger partial charge in [-0.1, -0.05) is 17.7 Å². The Hall–Kier alpha value is -2.66. The van der Waals surface area contributed by atoms with E-state index in [2.05, 4.69) is 0 Å². The molecule has 0 saturated carbocycles. The predicted octanol–water partition coefficient (Wildman–Crippen LogP) is 3.90. The standard InChI is InChI=1S/C18H13ClO5/c1-9-17(10-2-3-14-16(6-10)23-5-4-22-14)18(21)11-7-12(19)13(20)8-15(11)24-9/h2-3,6-8,20H,4-5H2,1H3. The summed E-state index contributed by atoms with van der Waals surface area (Å²) >= 11 is 5.93. The van der Waals surface area contributed by atoms with Crippen LogP contribution in [0.3, 0.4) is 0 Å². The highest BCUT2D eigenvalue weighted by atomic mass is 35.5. The molecule has 24 heavy (non-hydrogen) atoms. The van der Waals surface area contributed by atoms with Gasteiger partial charge in [0, 0.05) is 6.07 Å². The molecule has 6 heteroatoms. The SMILES string of the molecule is Cc1oc2cc(O)c(Cl)cc2c(=O)c1-c1ccc2c(c1)OCCO2. The molecular formula is C18H13ClO5. The molecule has 2 aromatic carbocycles. The Balaban J connectivity index is 1.97. The van der Waals surface area contributed by atoms with Gasteiger partial charge < -0.3 is 19.0 Å². The second kappa shape index (κ2) is 5.46. The van der Waals surface area contributed by atoms with Gasteiger partial charge in [0.2, 0.25) is 5.43 Å². The van der Waals surface area contributed by atoms with Gasteiger partial charge in [-0.3, -0.25) is 4.79 Å². The van der Waals surface area contributed by atoms with Crippen molar-refractivity contribution in [2.24, 2.45) is 0 Å². The molecule has 0 unspecified atom stereocenters. The van der Waals surface area contributed by atoms with Gasteiger partial charge >= 0.3 is 0 Å². The van der Waals surface area contributed by atoms with Crippen molar-refractivity contribution in [1.82, 2.24) is 0 Å². The fourth-order valence-corrected chi connectivity index (χ4v) is 3.01. The normalized spacial score (nSPS) is 13.2. The molecule has 3 aromatic rings. The molecule has 122 valence electrons. The maximum Gasteiger partial charge on any atom is 0.200 e. The van der Waals surface area contributed by atoms with Gasteiger partial charge in [0.15, 0.2) is 11.5 Å². The first-order valence-electron chi connectivity index (χ1n) is 7.40. The Bertz CT molecular complexity index is 1020. The lowest BCUT2D eigenvalue weighted by atomic mass is 10.0. The summed E-state index contributed by atoms with van der Waals surface area (Å²) < 4.78 is 16.8. The largest absolute Gasteiger partial charge is 0.506 e. The third kappa shape index (κ3) is 2.29. The van der Waals surface area contributed by atoms with Crippen LogP contribution in [0.4, 0.5) is 0 Å². The Morgan fingerprint density at radius 2 is 1.83 bits per heavy atom. The van der Waals surface area contributed by atoms with E-state index in [-0.39, 0.29) is 16.2 Å². The highest BCUT2D eigenvalue weighted by Crippen LogP contribution is 2.36. The number of halogens is 1. The number of fused-ring (bicyclic) bond motifs is 2. The molecule has 4 rings (SSSR count). The van der Waals surface area contributed by atoms with Crippen LogP contribution in [0.25, 0.3) is 22.1 Å². The molecule has 1 aliphatic heterocycles. The van der Waals surface area contributed by atoms with Crippen molar-refractivity contribution in [2.75, 3.05) is 13.2 Å². The number of hydrogen-bond acceptors (Lipinski definition) is 5. The van der Waals surface area contributed by atoms with Crippen LogP contribution in [0.15, 0.2) is 39.5 Å². The van der Waals surface area contributed by atoms with Gasteiger partial charge in [-0.2, -0.15) is 0 Å². The first-order chi connectivity index (χ1) is 11.5. The van der Waals surface area contributed by atoms with E-state index in [0.29, 0.717) is 52.6 Å². The number of phenols is 1. The summed E-state index contributed by atoms with van der Waals surface area (Å²) in [7, 11) is 0. The Morgan fingerprint density at radius 3 is 2.62 bits per heavy atom. The third-order valence-electron chi connectivity index (χ3n) is 3.97. The van der Waals surface area contributed by atoms with Crippen LogP contribution in [0.5, 0.6) is 17.2 Å². The third-order valence-corrected chi connectivity index (χ3v) is 4.27. The van der Waals surface area contributed by atoms with Crippen molar-refractivity contribution in [1.29, 1.82) is 0 Å². The van der Waals surface area contributed by atoms with Crippen LogP contribution in [0, 0.1) is 6.92 Å². The highest BCUT2D eigenvalue weighted by Gasteiger charge is 2.18. The molecule has 1 N–H and O–H groups in total. The molecule has 0 saturated heterocycles. The molecule has 0 radical (unpaired) electrons. The Morgan fingerprint density at radius 1 is 1.08 bits per heavy atom. The molecule has 0 spiro atoms. The van der Waals surface area contributed by atoms with Gasteiger partial charge in [0.05, 0.1) is 16.0 Å². The monoisotopic (exact) mass is 344 g/mol. The fourth-order valence-electron chi connectivity index (χ4n) is 2.85. The summed E-state index contributed by atoms with van der Waals surface area (Å²) in [4.78, 5) is 12.9. The van der Waals surface area contributed by atoms with E-state index < -0.39 is 0 Å². The summed E-state index contributed by atoms with van der Waals surface area (Å²) in [6.45, 7) is 2.68. The number of aromatic hydroxyl groups is 1. The number of hydrogen-bond donors (Lipinski definition) is 1. The van der Waals surface area contributed by atoms with Crippen molar-refractivity contribution in [3.05, 3.63) is 51.3 Å². The minimum absolute atomic E-state index is 0.103. The van der Waals surface area contributed by atoms with Crippen molar-refractivity contribution in [3.63, 3.8) is 0 Å². The van der Waals surface area contributed by atoms with E-state index in [1.807, 2.05) is 0 Å². The molecule has 0 aliphatic carbocycles. The van der Waals surface area contributed by atoms with Crippen molar-refractivity contribution < 1.29 is 19.0 Å². The molecule has 1 aliphatic rings. The minimum Gasteiger partial charge on any atom is -0.506 e. The number of benzene rings is 2. The van der Waals surface area contributed by atoms with Crippen molar-refractivity contribution in [3.8, 4) is 28.4 Å². The van der Waals surface area contributed by atoms with E-state index >= 15 is 0 Å². The molecular weight excluding hydrogens is 332 g/mol. The van der Waals surface area contributed by atoms with E-state index in [1.165, 1.54) is 12.1 Å². The fraction of sp³-hybridized carbons (Fsp3) is 0.167. The zero-order valence-corrected chi connectivity index (χ0v) is 13.5. The van der Waals surface area contributed by atoms with Crippen molar-refractivity contribution in [2.45, 2.75) is 6.92 Å². The van der Waals surface area contributed by atoms with E-state index in [1.54, 1.807) is 25.1 Å². The van der Waals surface area contributed by atoms with Crippen LogP contribution in [0.2, 0.25) is 5.02 Å². The van der Waals surface area contributed by atoms with Gasteiger partial charge in [-0.15, -0.1) is 0 Å². The Kier molecular flexibility index (Phi) is 3.39. The summed E-state index contributed by atoms with van der Waals surface area (Å²) in [6, 6.07) is 8.09. The summed E-state index contributed by atoms with van der Waals surface area (Å²) in [6.07, 6.45) is 0. The molecule has 1 aromatic heterocycles. The van der Waals surface area contributed by atoms with Crippen LogP contribution in [0.1, 0.15) is 5.76 Å². The predicted molar refractivity (Wildman–Crippen MR) is 90.3 cm³/mol. The first-order valence-corrected chi connectivity index (χ1v) is 7.78. The van der Waals surface area contributed by atoms with Crippen LogP contribution in [-0.4, -0.2) is 18.3 Å². The van der Waals surface area contributed by atoms with Gasteiger partial charge in [0.1, 0.15) is 30.3 Å². The summed E-state index contributed by atoms with van der Waals surface area (Å²) in [5, 5.41) is 10.1. The molecule has 5 nitrogen and oxygen atoms in total. The zero-order valence-electron chi connectivity index (χ0n) is 12.8. The van der Waals surface area contributed by atoms with Crippen molar-refractivity contribution >= 4 is 22.6 Å². The first kappa shape index (κ1) is 14.9. The van der Waals surface area contributed by atoms with Crippen LogP contribution < -0.4 is 14.9 Å². The van der Waals surface area contributed by atoms with Gasteiger partial charge in [-0.25, -0.2) is 0 Å². The second-order valence-corrected chi connectivity index (χ2v) is 5.93. The number of rotatable bonds is 1. The Labute approximate surface area is 142 Å². The molecule has 0 bridgehead atoms. The maximum absolute atomic E-state index is 12.9. The molecule has 0 atom stereocenters. The average molecular weight is 345 g/mol.